The number of hydrogen-bond acceptors (Lipinski definition) is 3. The Kier molecular flexibility index (Phi) is 4.79. The highest BCUT2D eigenvalue weighted by molar-refractivity contribution is 5.98. The van der Waals surface area contributed by atoms with E-state index in [1.807, 2.05) is 0 Å². The van der Waals surface area contributed by atoms with E-state index in [2.05, 4.69) is 91.8 Å². The van der Waals surface area contributed by atoms with Crippen LogP contribution in [0.1, 0.15) is 105 Å². The van der Waals surface area contributed by atoms with Gasteiger partial charge < -0.3 is 4.74 Å². The molecule has 0 aromatic heterocycles. The molecule has 4 saturated carbocycles. The Balaban J connectivity index is 1.34. The first-order chi connectivity index (χ1) is 17.8. The Labute approximate surface area is 229 Å². The molecule has 4 aliphatic carbocycles. The molecule has 5 aliphatic rings. The van der Waals surface area contributed by atoms with Crippen LogP contribution in [0.3, 0.4) is 0 Å². The van der Waals surface area contributed by atoms with Crippen molar-refractivity contribution in [1.29, 1.82) is 0 Å². The second-order valence-corrected chi connectivity index (χ2v) is 15.1. The fraction of sp³-hybridized carbons (Fsp3) is 0.600. The number of benzene rings is 2. The van der Waals surface area contributed by atoms with Crippen LogP contribution in [0.25, 0.3) is 0 Å². The van der Waals surface area contributed by atoms with Gasteiger partial charge in [-0.2, -0.15) is 0 Å². The molecule has 0 spiro atoms. The molecule has 7 rings (SSSR count). The summed E-state index contributed by atoms with van der Waals surface area (Å²) in [6.07, 6.45) is 7.36. The molecule has 200 valence electrons. The van der Waals surface area contributed by atoms with Gasteiger partial charge in [-0.25, -0.2) is 0 Å². The van der Waals surface area contributed by atoms with Crippen molar-refractivity contribution in [3.63, 3.8) is 0 Å². The van der Waals surface area contributed by atoms with E-state index in [0.717, 1.165) is 47.6 Å². The third kappa shape index (κ3) is 2.86. The van der Waals surface area contributed by atoms with Crippen molar-refractivity contribution >= 4 is 22.8 Å². The average molecular weight is 509 g/mol. The summed E-state index contributed by atoms with van der Waals surface area (Å²) in [5, 5.41) is 0. The largest absolute Gasteiger partial charge is 0.452 e. The van der Waals surface area contributed by atoms with Crippen molar-refractivity contribution in [2.75, 3.05) is 0 Å². The summed E-state index contributed by atoms with van der Waals surface area (Å²) in [6.45, 7) is 19.3. The lowest BCUT2D eigenvalue weighted by Crippen LogP contribution is -2.32. The van der Waals surface area contributed by atoms with Gasteiger partial charge in [-0.15, -0.1) is 0 Å². The second-order valence-electron chi connectivity index (χ2n) is 15.1. The van der Waals surface area contributed by atoms with E-state index >= 15 is 0 Å². The van der Waals surface area contributed by atoms with Crippen LogP contribution < -0.4 is 4.74 Å². The van der Waals surface area contributed by atoms with E-state index in [0.29, 0.717) is 10.8 Å². The first-order valence-corrected chi connectivity index (χ1v) is 14.9. The molecule has 0 amide bonds. The van der Waals surface area contributed by atoms with Crippen molar-refractivity contribution in [1.82, 2.24) is 0 Å². The summed E-state index contributed by atoms with van der Waals surface area (Å²) in [5.41, 5.74) is 7.90. The predicted octanol–water partition coefficient (Wildman–Crippen LogP) is 9.96. The standard InChI is InChI=1S/C35H44N2O/c1-31(2)23-11-9-13-25(36-27-19-21-15-17-34(27,7)32(21,3)4)29(23)38-30-24(31)12-10-14-26(30)37-28-20-22-16-18-35(28,8)33(22,5)6/h9-14,21-22H,15-20H2,1-8H3/t21-,22-,34+,35+/m1/s1. The zero-order chi connectivity index (χ0) is 26.9. The lowest BCUT2D eigenvalue weighted by molar-refractivity contribution is 0.194. The molecule has 2 aromatic carbocycles. The van der Waals surface area contributed by atoms with E-state index in [1.54, 1.807) is 0 Å². The van der Waals surface area contributed by atoms with Gasteiger partial charge in [0.15, 0.2) is 11.5 Å². The van der Waals surface area contributed by atoms with E-state index in [9.17, 15) is 0 Å². The molecule has 0 N–H and O–H groups in total. The summed E-state index contributed by atoms with van der Waals surface area (Å²) in [6, 6.07) is 13.1. The van der Waals surface area contributed by atoms with Crippen LogP contribution in [-0.4, -0.2) is 11.4 Å². The molecule has 1 aliphatic heterocycles. The van der Waals surface area contributed by atoms with Crippen LogP contribution in [0.2, 0.25) is 0 Å². The molecule has 4 atom stereocenters. The highest BCUT2D eigenvalue weighted by Crippen LogP contribution is 2.66. The molecule has 0 unspecified atom stereocenters. The van der Waals surface area contributed by atoms with Gasteiger partial charge in [0.2, 0.25) is 0 Å². The van der Waals surface area contributed by atoms with E-state index in [4.69, 9.17) is 14.7 Å². The number of hydrogen-bond donors (Lipinski definition) is 0. The second kappa shape index (κ2) is 7.40. The van der Waals surface area contributed by atoms with Crippen LogP contribution in [0.15, 0.2) is 46.4 Å². The number of nitrogens with zero attached hydrogens (tertiary/aromatic N) is 2. The quantitative estimate of drug-likeness (QED) is 0.397. The molecule has 0 radical (unpaired) electrons. The normalized spacial score (nSPS) is 36.9. The van der Waals surface area contributed by atoms with Gasteiger partial charge in [-0.1, -0.05) is 79.7 Å². The van der Waals surface area contributed by atoms with Gasteiger partial charge in [-0.05, 0) is 73.3 Å². The average Bonchev–Trinajstić information content (AvgIpc) is 3.37. The number of ether oxygens (including phenoxy) is 1. The topological polar surface area (TPSA) is 34.0 Å². The number of para-hydroxylation sites is 2. The summed E-state index contributed by atoms with van der Waals surface area (Å²) < 4.78 is 6.91. The number of fused-ring (bicyclic) bond motifs is 6. The Bertz CT molecular complexity index is 1320. The molecular weight excluding hydrogens is 464 g/mol. The first kappa shape index (κ1) is 24.6. The van der Waals surface area contributed by atoms with Gasteiger partial charge in [0, 0.05) is 38.8 Å². The van der Waals surface area contributed by atoms with Crippen molar-refractivity contribution in [2.45, 2.75) is 99.3 Å². The van der Waals surface area contributed by atoms with E-state index in [1.165, 1.54) is 48.2 Å². The van der Waals surface area contributed by atoms with Crippen LogP contribution in [0, 0.1) is 33.5 Å². The van der Waals surface area contributed by atoms with Gasteiger partial charge in [0.05, 0.1) is 0 Å². The minimum absolute atomic E-state index is 0.170. The van der Waals surface area contributed by atoms with E-state index in [-0.39, 0.29) is 16.2 Å². The zero-order valence-electron chi connectivity index (χ0n) is 24.7. The van der Waals surface area contributed by atoms with Crippen LogP contribution in [0.4, 0.5) is 11.4 Å². The third-order valence-corrected chi connectivity index (χ3v) is 13.1. The lowest BCUT2D eigenvalue weighted by Gasteiger charge is -2.37. The summed E-state index contributed by atoms with van der Waals surface area (Å²) in [7, 11) is 0. The number of rotatable bonds is 2. The Morgan fingerprint density at radius 1 is 0.632 bits per heavy atom. The predicted molar refractivity (Wildman–Crippen MR) is 158 cm³/mol. The van der Waals surface area contributed by atoms with Gasteiger partial charge in [-0.3, -0.25) is 9.98 Å². The van der Waals surface area contributed by atoms with Gasteiger partial charge in [0.1, 0.15) is 11.4 Å². The van der Waals surface area contributed by atoms with Gasteiger partial charge in [0.25, 0.3) is 0 Å². The zero-order valence-corrected chi connectivity index (χ0v) is 24.7. The monoisotopic (exact) mass is 508 g/mol. The molecular formula is C35H44N2O. The van der Waals surface area contributed by atoms with Gasteiger partial charge >= 0.3 is 0 Å². The fourth-order valence-electron chi connectivity index (χ4n) is 9.16. The minimum Gasteiger partial charge on any atom is -0.452 e. The molecule has 3 nitrogen and oxygen atoms in total. The molecule has 4 bridgehead atoms. The van der Waals surface area contributed by atoms with Crippen molar-refractivity contribution < 1.29 is 4.74 Å². The van der Waals surface area contributed by atoms with Crippen molar-refractivity contribution in [2.24, 2.45) is 43.5 Å². The molecule has 3 heteroatoms. The van der Waals surface area contributed by atoms with Crippen molar-refractivity contribution in [3.05, 3.63) is 47.5 Å². The summed E-state index contributed by atoms with van der Waals surface area (Å²) in [4.78, 5) is 10.8. The number of aliphatic imine (C=N–C) groups is 2. The van der Waals surface area contributed by atoms with Crippen LogP contribution >= 0.6 is 0 Å². The third-order valence-electron chi connectivity index (χ3n) is 13.1. The minimum atomic E-state index is -0.189. The maximum Gasteiger partial charge on any atom is 0.157 e. The summed E-state index contributed by atoms with van der Waals surface area (Å²) in [5.74, 6) is 3.32. The highest BCUT2D eigenvalue weighted by atomic mass is 16.5. The molecule has 0 saturated heterocycles. The Morgan fingerprint density at radius 3 is 1.39 bits per heavy atom. The molecule has 38 heavy (non-hydrogen) atoms. The Morgan fingerprint density at radius 2 is 1.05 bits per heavy atom. The Hall–Kier alpha value is -2.42. The maximum atomic E-state index is 6.91. The maximum absolute atomic E-state index is 6.91. The highest BCUT2D eigenvalue weighted by Gasteiger charge is 2.61. The lowest BCUT2D eigenvalue weighted by atomic mass is 9.70. The summed E-state index contributed by atoms with van der Waals surface area (Å²) >= 11 is 0. The first-order valence-electron chi connectivity index (χ1n) is 14.9. The fourth-order valence-corrected chi connectivity index (χ4v) is 9.16. The smallest absolute Gasteiger partial charge is 0.157 e. The molecule has 1 heterocycles. The SMILES string of the molecule is CC1(C)c2cccc(N=C3C[C@H]4CC[C@]3(C)C4(C)C)c2Oc2c(N=C3C[C@H]4CC[C@]3(C)C4(C)C)cccc21. The van der Waals surface area contributed by atoms with E-state index < -0.39 is 0 Å². The molecule has 2 aromatic rings. The molecule has 4 fully saturated rings. The van der Waals surface area contributed by atoms with Crippen molar-refractivity contribution in [3.8, 4) is 11.5 Å². The van der Waals surface area contributed by atoms with Crippen LogP contribution in [0.5, 0.6) is 11.5 Å². The van der Waals surface area contributed by atoms with Crippen LogP contribution in [-0.2, 0) is 5.41 Å².